The van der Waals surface area contributed by atoms with Gasteiger partial charge in [0.05, 0.1) is 28.5 Å². The highest BCUT2D eigenvalue weighted by Crippen LogP contribution is 2.34. The maximum Gasteiger partial charge on any atom is 0.180 e. The molecule has 0 aliphatic carbocycles. The van der Waals surface area contributed by atoms with E-state index in [0.717, 1.165) is 33.4 Å². The Labute approximate surface area is 160 Å². The SMILES string of the molecule is N#Cc1ccc(-c2nc(N)c3nccn3c2-c2ccc3ncccc3c2)cc1. The Balaban J connectivity index is 1.83. The van der Waals surface area contributed by atoms with E-state index in [9.17, 15) is 0 Å². The van der Waals surface area contributed by atoms with Crippen molar-refractivity contribution in [3.63, 3.8) is 0 Å². The summed E-state index contributed by atoms with van der Waals surface area (Å²) in [6.07, 6.45) is 5.37. The molecule has 5 rings (SSSR count). The van der Waals surface area contributed by atoms with Gasteiger partial charge in [-0.2, -0.15) is 5.26 Å². The lowest BCUT2D eigenvalue weighted by atomic mass is 10.0. The van der Waals surface area contributed by atoms with E-state index in [1.807, 2.05) is 47.0 Å². The van der Waals surface area contributed by atoms with Crippen molar-refractivity contribution < 1.29 is 0 Å². The van der Waals surface area contributed by atoms with Crippen LogP contribution in [0.25, 0.3) is 39.1 Å². The molecular weight excluding hydrogens is 348 g/mol. The number of benzene rings is 2. The van der Waals surface area contributed by atoms with Gasteiger partial charge in [0, 0.05) is 35.1 Å². The Bertz CT molecular complexity index is 1380. The Hall–Kier alpha value is -4.24. The number of nitrogens with zero attached hydrogens (tertiary/aromatic N) is 5. The number of pyridine rings is 1. The molecule has 3 aromatic heterocycles. The first kappa shape index (κ1) is 16.0. The standard InChI is InChI=1S/C22H14N6/c23-13-14-3-5-15(6-4-14)19-20(28-11-10-26-22(28)21(24)27-19)17-7-8-18-16(12-17)2-1-9-25-18/h1-12H,(H2,24,27). The minimum absolute atomic E-state index is 0.357. The van der Waals surface area contributed by atoms with Gasteiger partial charge in [0.15, 0.2) is 11.5 Å². The van der Waals surface area contributed by atoms with Crippen LogP contribution in [0, 0.1) is 11.3 Å². The lowest BCUT2D eigenvalue weighted by Crippen LogP contribution is -2.03. The van der Waals surface area contributed by atoms with Crippen LogP contribution in [0.2, 0.25) is 0 Å². The summed E-state index contributed by atoms with van der Waals surface area (Å²) in [6.45, 7) is 0. The average molecular weight is 362 g/mol. The molecule has 2 aromatic carbocycles. The van der Waals surface area contributed by atoms with E-state index in [-0.39, 0.29) is 0 Å². The molecular formula is C22H14N6. The van der Waals surface area contributed by atoms with Crippen molar-refractivity contribution in [3.8, 4) is 28.6 Å². The summed E-state index contributed by atoms with van der Waals surface area (Å²) >= 11 is 0. The summed E-state index contributed by atoms with van der Waals surface area (Å²) in [4.78, 5) is 13.4. The summed E-state index contributed by atoms with van der Waals surface area (Å²) in [6, 6.07) is 19.5. The number of anilines is 1. The largest absolute Gasteiger partial charge is 0.381 e. The maximum atomic E-state index is 9.09. The molecule has 0 radical (unpaired) electrons. The fraction of sp³-hybridized carbons (Fsp3) is 0. The van der Waals surface area contributed by atoms with Crippen molar-refractivity contribution in [3.05, 3.63) is 78.8 Å². The van der Waals surface area contributed by atoms with Crippen molar-refractivity contribution in [1.29, 1.82) is 5.26 Å². The van der Waals surface area contributed by atoms with Crippen LogP contribution in [0.15, 0.2) is 73.2 Å². The van der Waals surface area contributed by atoms with E-state index >= 15 is 0 Å². The number of imidazole rings is 1. The molecule has 0 fully saturated rings. The summed E-state index contributed by atoms with van der Waals surface area (Å²) in [5, 5.41) is 10.1. The van der Waals surface area contributed by atoms with Gasteiger partial charge in [0.2, 0.25) is 0 Å². The molecule has 28 heavy (non-hydrogen) atoms. The van der Waals surface area contributed by atoms with E-state index in [1.54, 1.807) is 24.5 Å². The number of nitrogen functional groups attached to an aromatic ring is 1. The first-order valence-corrected chi connectivity index (χ1v) is 8.73. The number of fused-ring (bicyclic) bond motifs is 2. The topological polar surface area (TPSA) is 92.9 Å². The van der Waals surface area contributed by atoms with Crippen LogP contribution in [0.3, 0.4) is 0 Å². The fourth-order valence-corrected chi connectivity index (χ4v) is 3.41. The van der Waals surface area contributed by atoms with Gasteiger partial charge >= 0.3 is 0 Å². The zero-order valence-electron chi connectivity index (χ0n) is 14.7. The van der Waals surface area contributed by atoms with Crippen molar-refractivity contribution >= 4 is 22.4 Å². The Morgan fingerprint density at radius 2 is 1.75 bits per heavy atom. The van der Waals surface area contributed by atoms with Gasteiger partial charge in [-0.1, -0.05) is 24.3 Å². The lowest BCUT2D eigenvalue weighted by molar-refractivity contribution is 1.14. The highest BCUT2D eigenvalue weighted by atomic mass is 15.1. The molecule has 0 spiro atoms. The number of hydrogen-bond acceptors (Lipinski definition) is 5. The quantitative estimate of drug-likeness (QED) is 0.511. The summed E-state index contributed by atoms with van der Waals surface area (Å²) in [5.41, 5.74) is 11.8. The molecule has 0 atom stereocenters. The smallest absolute Gasteiger partial charge is 0.180 e. The molecule has 6 heteroatoms. The molecule has 132 valence electrons. The molecule has 0 saturated carbocycles. The molecule has 5 aromatic rings. The molecule has 6 nitrogen and oxygen atoms in total. The highest BCUT2D eigenvalue weighted by Gasteiger charge is 2.17. The van der Waals surface area contributed by atoms with Gasteiger partial charge in [-0.05, 0) is 30.3 Å². The van der Waals surface area contributed by atoms with E-state index in [2.05, 4.69) is 27.1 Å². The van der Waals surface area contributed by atoms with Crippen LogP contribution in [0.1, 0.15) is 5.56 Å². The number of nitriles is 1. The van der Waals surface area contributed by atoms with Gasteiger partial charge in [-0.15, -0.1) is 0 Å². The lowest BCUT2D eigenvalue weighted by Gasteiger charge is -2.14. The van der Waals surface area contributed by atoms with Crippen LogP contribution in [0.5, 0.6) is 0 Å². The number of aromatic nitrogens is 4. The molecule has 2 N–H and O–H groups in total. The monoisotopic (exact) mass is 362 g/mol. The number of nitrogens with two attached hydrogens (primary N) is 1. The predicted octanol–water partition coefficient (Wildman–Crippen LogP) is 4.07. The molecule has 0 unspecified atom stereocenters. The molecule has 0 aliphatic heterocycles. The van der Waals surface area contributed by atoms with Gasteiger partial charge in [0.25, 0.3) is 0 Å². The Morgan fingerprint density at radius 1 is 0.929 bits per heavy atom. The molecule has 0 aliphatic rings. The zero-order valence-corrected chi connectivity index (χ0v) is 14.7. The normalized spacial score (nSPS) is 11.0. The third kappa shape index (κ3) is 2.46. The maximum absolute atomic E-state index is 9.09. The minimum Gasteiger partial charge on any atom is -0.381 e. The van der Waals surface area contributed by atoms with Gasteiger partial charge in [-0.3, -0.25) is 9.38 Å². The molecule has 3 heterocycles. The van der Waals surface area contributed by atoms with Crippen LogP contribution >= 0.6 is 0 Å². The van der Waals surface area contributed by atoms with Crippen LogP contribution in [-0.4, -0.2) is 19.4 Å². The second kappa shape index (κ2) is 6.18. The molecule has 0 amide bonds. The van der Waals surface area contributed by atoms with E-state index < -0.39 is 0 Å². The number of hydrogen-bond donors (Lipinski definition) is 1. The van der Waals surface area contributed by atoms with Crippen molar-refractivity contribution in [1.82, 2.24) is 19.4 Å². The van der Waals surface area contributed by atoms with Crippen molar-refractivity contribution in [2.75, 3.05) is 5.73 Å². The third-order valence-electron chi connectivity index (χ3n) is 4.73. The van der Waals surface area contributed by atoms with Gasteiger partial charge in [-0.25, -0.2) is 9.97 Å². The molecule has 0 bridgehead atoms. The van der Waals surface area contributed by atoms with Gasteiger partial charge in [0.1, 0.15) is 0 Å². The first-order chi connectivity index (χ1) is 13.7. The first-order valence-electron chi connectivity index (χ1n) is 8.73. The second-order valence-electron chi connectivity index (χ2n) is 6.42. The van der Waals surface area contributed by atoms with Crippen LogP contribution < -0.4 is 5.73 Å². The van der Waals surface area contributed by atoms with Crippen LogP contribution in [-0.2, 0) is 0 Å². The summed E-state index contributed by atoms with van der Waals surface area (Å²) in [7, 11) is 0. The fourth-order valence-electron chi connectivity index (χ4n) is 3.41. The average Bonchev–Trinajstić information content (AvgIpc) is 3.24. The van der Waals surface area contributed by atoms with E-state index in [0.29, 0.717) is 17.0 Å². The number of rotatable bonds is 2. The predicted molar refractivity (Wildman–Crippen MR) is 108 cm³/mol. The van der Waals surface area contributed by atoms with Crippen molar-refractivity contribution in [2.45, 2.75) is 0 Å². The molecule has 0 saturated heterocycles. The van der Waals surface area contributed by atoms with Gasteiger partial charge < -0.3 is 5.73 Å². The second-order valence-corrected chi connectivity index (χ2v) is 6.42. The zero-order chi connectivity index (χ0) is 19.1. The van der Waals surface area contributed by atoms with Crippen LogP contribution in [0.4, 0.5) is 5.82 Å². The summed E-state index contributed by atoms with van der Waals surface area (Å²) in [5.74, 6) is 0.357. The Morgan fingerprint density at radius 3 is 2.57 bits per heavy atom. The third-order valence-corrected chi connectivity index (χ3v) is 4.73. The Kier molecular flexibility index (Phi) is 3.53. The van der Waals surface area contributed by atoms with E-state index in [1.165, 1.54) is 0 Å². The van der Waals surface area contributed by atoms with E-state index in [4.69, 9.17) is 11.0 Å². The highest BCUT2D eigenvalue weighted by molar-refractivity contribution is 5.89. The van der Waals surface area contributed by atoms with Crippen molar-refractivity contribution in [2.24, 2.45) is 0 Å². The minimum atomic E-state index is 0.357. The summed E-state index contributed by atoms with van der Waals surface area (Å²) < 4.78 is 1.95.